The number of hydrogen-bond donors (Lipinski definition) is 0. The highest BCUT2D eigenvalue weighted by Gasteiger charge is 2.27. The molecule has 1 saturated carbocycles. The minimum Gasteiger partial charge on any atom is -0.337 e. The minimum absolute atomic E-state index is 0.0160. The van der Waals surface area contributed by atoms with Crippen LogP contribution in [0.3, 0.4) is 0 Å². The second-order valence-electron chi connectivity index (χ2n) is 6.69. The van der Waals surface area contributed by atoms with Gasteiger partial charge in [-0.3, -0.25) is 14.2 Å². The molecule has 24 heavy (non-hydrogen) atoms. The number of nitrogens with zero attached hydrogens (tertiary/aromatic N) is 4. The lowest BCUT2D eigenvalue weighted by atomic mass is 9.96. The predicted molar refractivity (Wildman–Crippen MR) is 91.2 cm³/mol. The molecule has 1 amide bonds. The van der Waals surface area contributed by atoms with Crippen molar-refractivity contribution < 1.29 is 4.79 Å². The van der Waals surface area contributed by atoms with Gasteiger partial charge in [-0.05, 0) is 31.6 Å². The van der Waals surface area contributed by atoms with Crippen molar-refractivity contribution in [1.29, 1.82) is 0 Å². The van der Waals surface area contributed by atoms with Crippen LogP contribution in [0.1, 0.15) is 47.8 Å². The highest BCUT2D eigenvalue weighted by molar-refractivity contribution is 7.07. The Balaban J connectivity index is 1.35. The summed E-state index contributed by atoms with van der Waals surface area (Å²) in [4.78, 5) is 34.9. The van der Waals surface area contributed by atoms with Crippen LogP contribution in [0.2, 0.25) is 0 Å². The van der Waals surface area contributed by atoms with Crippen molar-refractivity contribution in [3.8, 4) is 0 Å². The minimum atomic E-state index is 0.0160. The third-order valence-electron chi connectivity index (χ3n) is 4.90. The van der Waals surface area contributed by atoms with Crippen molar-refractivity contribution in [2.45, 2.75) is 38.1 Å². The molecule has 1 aliphatic heterocycles. The smallest absolute Gasteiger partial charge is 0.273 e. The number of hydrogen-bond acceptors (Lipinski definition) is 5. The summed E-state index contributed by atoms with van der Waals surface area (Å²) in [5.74, 6) is 0.936. The number of carbonyl (C=O) groups excluding carboxylic acids is 1. The van der Waals surface area contributed by atoms with Crippen LogP contribution >= 0.6 is 11.3 Å². The lowest BCUT2D eigenvalue weighted by molar-refractivity contribution is 0.0677. The molecule has 3 heterocycles. The summed E-state index contributed by atoms with van der Waals surface area (Å²) in [6.07, 6.45) is 5.83. The lowest BCUT2D eigenvalue weighted by Crippen LogP contribution is -2.40. The summed E-state index contributed by atoms with van der Waals surface area (Å²) in [5.41, 5.74) is 3.22. The Labute approximate surface area is 144 Å². The maximum Gasteiger partial charge on any atom is 0.273 e. The predicted octanol–water partition coefficient (Wildman–Crippen LogP) is 2.13. The second kappa shape index (κ2) is 6.47. The van der Waals surface area contributed by atoms with Crippen molar-refractivity contribution in [3.05, 3.63) is 45.0 Å². The number of rotatable bonds is 4. The van der Waals surface area contributed by atoms with Gasteiger partial charge in [0.15, 0.2) is 0 Å². The summed E-state index contributed by atoms with van der Waals surface area (Å²) in [6, 6.07) is 1.69. The van der Waals surface area contributed by atoms with Gasteiger partial charge in [0.2, 0.25) is 0 Å². The summed E-state index contributed by atoms with van der Waals surface area (Å²) in [7, 11) is 0. The highest BCUT2D eigenvalue weighted by Crippen LogP contribution is 2.38. The maximum absolute atomic E-state index is 12.3. The molecule has 2 fully saturated rings. The molecule has 0 spiro atoms. The molecular weight excluding hydrogens is 324 g/mol. The Kier molecular flexibility index (Phi) is 4.18. The van der Waals surface area contributed by atoms with Gasteiger partial charge in [-0.15, -0.1) is 11.3 Å². The Bertz CT molecular complexity index is 774. The van der Waals surface area contributed by atoms with Crippen molar-refractivity contribution in [2.75, 3.05) is 13.1 Å². The summed E-state index contributed by atoms with van der Waals surface area (Å²) in [5, 5.41) is 1.79. The van der Waals surface area contributed by atoms with E-state index in [0.717, 1.165) is 44.5 Å². The van der Waals surface area contributed by atoms with Gasteiger partial charge in [0.25, 0.3) is 11.5 Å². The molecule has 2 aliphatic rings. The normalized spacial score (nSPS) is 18.8. The molecule has 7 heteroatoms. The molecule has 1 saturated heterocycles. The molecule has 2 aromatic rings. The van der Waals surface area contributed by atoms with E-state index in [-0.39, 0.29) is 11.5 Å². The summed E-state index contributed by atoms with van der Waals surface area (Å²) in [6.45, 7) is 2.14. The second-order valence-corrected chi connectivity index (χ2v) is 7.41. The van der Waals surface area contributed by atoms with Crippen molar-refractivity contribution in [2.24, 2.45) is 5.92 Å². The van der Waals surface area contributed by atoms with E-state index in [9.17, 15) is 9.59 Å². The van der Waals surface area contributed by atoms with Crippen molar-refractivity contribution in [1.82, 2.24) is 19.4 Å². The average molecular weight is 344 g/mol. The van der Waals surface area contributed by atoms with Gasteiger partial charge >= 0.3 is 0 Å². The maximum atomic E-state index is 12.3. The van der Waals surface area contributed by atoms with E-state index in [4.69, 9.17) is 0 Å². The molecule has 2 aromatic heterocycles. The van der Waals surface area contributed by atoms with Crippen LogP contribution in [0.15, 0.2) is 28.1 Å². The van der Waals surface area contributed by atoms with Gasteiger partial charge in [-0.2, -0.15) is 0 Å². The van der Waals surface area contributed by atoms with Gasteiger partial charge in [0.05, 0.1) is 17.5 Å². The number of carbonyl (C=O) groups is 1. The van der Waals surface area contributed by atoms with Crippen LogP contribution in [0.5, 0.6) is 0 Å². The van der Waals surface area contributed by atoms with Crippen molar-refractivity contribution in [3.63, 3.8) is 0 Å². The zero-order valence-corrected chi connectivity index (χ0v) is 14.2. The largest absolute Gasteiger partial charge is 0.337 e. The molecule has 4 rings (SSSR count). The molecule has 0 N–H and O–H groups in total. The van der Waals surface area contributed by atoms with E-state index < -0.39 is 0 Å². The molecule has 0 aromatic carbocycles. The number of piperidine rings is 1. The third-order valence-corrected chi connectivity index (χ3v) is 5.49. The Hall–Kier alpha value is -2.02. The highest BCUT2D eigenvalue weighted by atomic mass is 32.1. The lowest BCUT2D eigenvalue weighted by Gasteiger charge is -2.31. The fourth-order valence-electron chi connectivity index (χ4n) is 3.26. The Morgan fingerprint density at radius 3 is 2.62 bits per heavy atom. The SMILES string of the molecule is O=C(c1cscn1)N1CCC(Cn2cnc(C3CC3)cc2=O)CC1. The first kappa shape index (κ1) is 15.5. The topological polar surface area (TPSA) is 68.1 Å². The standard InChI is InChI=1S/C17H20N4O2S/c22-16-7-14(13-1-2-13)18-10-21(16)8-12-3-5-20(6-4-12)17(23)15-9-24-11-19-15/h7,9-13H,1-6,8H2. The molecule has 0 bridgehead atoms. The van der Waals surface area contributed by atoms with E-state index >= 15 is 0 Å². The van der Waals surface area contributed by atoms with E-state index in [1.54, 1.807) is 27.9 Å². The van der Waals surface area contributed by atoms with Crippen molar-refractivity contribution >= 4 is 17.2 Å². The van der Waals surface area contributed by atoms with Gasteiger partial charge in [-0.1, -0.05) is 0 Å². The summed E-state index contributed by atoms with van der Waals surface area (Å²) < 4.78 is 1.72. The zero-order chi connectivity index (χ0) is 16.5. The van der Waals surface area contributed by atoms with Crippen LogP contribution in [0.4, 0.5) is 0 Å². The van der Waals surface area contributed by atoms with Crippen LogP contribution in [-0.2, 0) is 6.54 Å². The average Bonchev–Trinajstić information content (AvgIpc) is 3.31. The van der Waals surface area contributed by atoms with Crippen LogP contribution in [0.25, 0.3) is 0 Å². The van der Waals surface area contributed by atoms with Gasteiger partial charge in [-0.25, -0.2) is 9.97 Å². The fraction of sp³-hybridized carbons (Fsp3) is 0.529. The molecule has 126 valence electrons. The molecule has 0 atom stereocenters. The van der Waals surface area contributed by atoms with Crippen LogP contribution in [-0.4, -0.2) is 38.4 Å². The molecule has 1 aliphatic carbocycles. The first-order chi connectivity index (χ1) is 11.7. The van der Waals surface area contributed by atoms with Gasteiger partial charge in [0, 0.05) is 37.0 Å². The Morgan fingerprint density at radius 1 is 1.21 bits per heavy atom. The third kappa shape index (κ3) is 3.26. The zero-order valence-electron chi connectivity index (χ0n) is 13.4. The molecule has 6 nitrogen and oxygen atoms in total. The fourth-order valence-corrected chi connectivity index (χ4v) is 3.78. The van der Waals surface area contributed by atoms with Gasteiger partial charge < -0.3 is 4.90 Å². The first-order valence-electron chi connectivity index (χ1n) is 8.44. The quantitative estimate of drug-likeness (QED) is 0.852. The first-order valence-corrected chi connectivity index (χ1v) is 9.39. The number of aromatic nitrogens is 3. The number of amides is 1. The van der Waals surface area contributed by atoms with E-state index in [1.165, 1.54) is 11.3 Å². The molecular formula is C17H20N4O2S. The summed E-state index contributed by atoms with van der Waals surface area (Å²) >= 11 is 1.44. The number of likely N-dealkylation sites (tertiary alicyclic amines) is 1. The molecule has 0 unspecified atom stereocenters. The van der Waals surface area contributed by atoms with Gasteiger partial charge in [0.1, 0.15) is 5.69 Å². The van der Waals surface area contributed by atoms with Crippen LogP contribution in [0, 0.1) is 5.92 Å². The molecule has 0 radical (unpaired) electrons. The van der Waals surface area contributed by atoms with E-state index in [2.05, 4.69) is 9.97 Å². The monoisotopic (exact) mass is 344 g/mol. The number of thiazole rings is 1. The van der Waals surface area contributed by atoms with E-state index in [0.29, 0.717) is 24.1 Å². The Morgan fingerprint density at radius 2 is 2.00 bits per heavy atom. The van der Waals surface area contributed by atoms with Crippen LogP contribution < -0.4 is 5.56 Å². The van der Waals surface area contributed by atoms with E-state index in [1.807, 2.05) is 4.90 Å².